The Balaban J connectivity index is 0.000000239. The van der Waals surface area contributed by atoms with E-state index in [-0.39, 0.29) is 39.3 Å². The number of benzene rings is 4. The highest BCUT2D eigenvalue weighted by Crippen LogP contribution is 2.28. The number of nitrogens with zero attached hydrogens (tertiary/aromatic N) is 1. The number of phenolic OH excluding ortho intramolecular Hbond substituents is 1. The molecule has 13 heteroatoms. The summed E-state index contributed by atoms with van der Waals surface area (Å²) in [5.41, 5.74) is 0.0788. The second-order valence-corrected chi connectivity index (χ2v) is 8.63. The number of carboxylic acids is 3. The molecule has 230 valence electrons. The minimum atomic E-state index is -1.32. The Morgan fingerprint density at radius 1 is 0.800 bits per heavy atom. The lowest BCUT2D eigenvalue weighted by Gasteiger charge is -2.06. The molecule has 0 saturated heterocycles. The van der Waals surface area contributed by atoms with Gasteiger partial charge in [-0.3, -0.25) is 4.79 Å². The number of hydrogen-bond acceptors (Lipinski definition) is 8. The zero-order valence-electron chi connectivity index (χ0n) is 23.1. The lowest BCUT2D eigenvalue weighted by atomic mass is 10.0. The number of nitriles is 1. The first kappa shape index (κ1) is 34.7. The Morgan fingerprint density at radius 2 is 1.47 bits per heavy atom. The van der Waals surface area contributed by atoms with Crippen LogP contribution in [0.2, 0.25) is 0 Å². The summed E-state index contributed by atoms with van der Waals surface area (Å²) in [6, 6.07) is 20.2. The van der Waals surface area contributed by atoms with Crippen LogP contribution < -0.4 is 4.74 Å². The topological polar surface area (TPSA) is 202 Å². The molecule has 4 rings (SSSR count). The predicted octanol–water partition coefficient (Wildman–Crippen LogP) is 5.73. The number of hydrogen-bond donors (Lipinski definition) is 5. The third kappa shape index (κ3) is 10.7. The summed E-state index contributed by atoms with van der Waals surface area (Å²) in [6.07, 6.45) is 1.20. The molecule has 0 amide bonds. The Hall–Kier alpha value is -6.55. The molecule has 0 aliphatic heterocycles. The molecular weight excluding hydrogens is 596 g/mol. The van der Waals surface area contributed by atoms with Crippen LogP contribution in [0.1, 0.15) is 33.2 Å². The van der Waals surface area contributed by atoms with Crippen LogP contribution >= 0.6 is 0 Å². The van der Waals surface area contributed by atoms with Crippen molar-refractivity contribution in [3.63, 3.8) is 0 Å². The third-order valence-electron chi connectivity index (χ3n) is 5.37. The summed E-state index contributed by atoms with van der Waals surface area (Å²) >= 11 is 0. The number of carbonyl (C=O) groups is 4. The minimum absolute atomic E-state index is 0.0160. The Labute approximate surface area is 253 Å². The van der Waals surface area contributed by atoms with E-state index in [9.17, 15) is 33.1 Å². The number of para-hydroxylation sites is 1. The number of carbonyl (C=O) groups excluding carboxylic acids is 1. The second-order valence-electron chi connectivity index (χ2n) is 8.63. The maximum absolute atomic E-state index is 13.5. The van der Waals surface area contributed by atoms with E-state index < -0.39 is 41.3 Å². The van der Waals surface area contributed by atoms with Crippen LogP contribution in [0.15, 0.2) is 90.5 Å². The van der Waals surface area contributed by atoms with Crippen molar-refractivity contribution in [2.45, 2.75) is 6.92 Å². The highest BCUT2D eigenvalue weighted by atomic mass is 19.1. The zero-order chi connectivity index (χ0) is 33.7. The molecule has 45 heavy (non-hydrogen) atoms. The van der Waals surface area contributed by atoms with Gasteiger partial charge in [-0.15, -0.1) is 0 Å². The molecule has 0 unspecified atom stereocenters. The van der Waals surface area contributed by atoms with Crippen LogP contribution in [0.25, 0.3) is 17.2 Å². The molecule has 4 aromatic rings. The minimum Gasteiger partial charge on any atom is -0.508 e. The number of rotatable bonds is 6. The summed E-state index contributed by atoms with van der Waals surface area (Å²) in [5, 5.41) is 52.9. The van der Waals surface area contributed by atoms with Crippen molar-refractivity contribution in [1.82, 2.24) is 0 Å². The van der Waals surface area contributed by atoms with Crippen molar-refractivity contribution < 1.29 is 58.2 Å². The summed E-state index contributed by atoms with van der Waals surface area (Å²) < 4.78 is 31.0. The first-order valence-electron chi connectivity index (χ1n) is 12.4. The number of halogens is 2. The van der Waals surface area contributed by atoms with Gasteiger partial charge in [-0.1, -0.05) is 30.3 Å². The van der Waals surface area contributed by atoms with E-state index in [2.05, 4.69) is 4.74 Å². The summed E-state index contributed by atoms with van der Waals surface area (Å²) in [6.45, 7) is 1.22. The van der Waals surface area contributed by atoms with Gasteiger partial charge in [0.2, 0.25) is 0 Å². The van der Waals surface area contributed by atoms with Crippen LogP contribution in [-0.2, 0) is 9.59 Å². The smallest absolute Gasteiger partial charge is 0.346 e. The zero-order valence-corrected chi connectivity index (χ0v) is 23.1. The quantitative estimate of drug-likeness (QED) is 0.0763. The average Bonchev–Trinajstić information content (AvgIpc) is 2.97. The first-order chi connectivity index (χ1) is 21.2. The molecule has 4 aromatic carbocycles. The molecule has 0 saturated carbocycles. The van der Waals surface area contributed by atoms with Gasteiger partial charge in [0.1, 0.15) is 51.7 Å². The Bertz CT molecular complexity index is 1810. The first-order valence-corrected chi connectivity index (χ1v) is 12.4. The largest absolute Gasteiger partial charge is 0.508 e. The fourth-order valence-electron chi connectivity index (χ4n) is 3.41. The van der Waals surface area contributed by atoms with Gasteiger partial charge >= 0.3 is 23.9 Å². The monoisotopic (exact) mass is 619 g/mol. The van der Waals surface area contributed by atoms with E-state index in [0.717, 1.165) is 18.2 Å². The molecule has 0 aromatic heterocycles. The normalized spacial score (nSPS) is 10.1. The molecule has 0 atom stereocenters. The fourth-order valence-corrected chi connectivity index (χ4v) is 3.41. The molecule has 0 bridgehead atoms. The number of aromatic carboxylic acids is 2. The highest BCUT2D eigenvalue weighted by molar-refractivity contribution is 5.96. The highest BCUT2D eigenvalue weighted by Gasteiger charge is 2.14. The van der Waals surface area contributed by atoms with E-state index in [4.69, 9.17) is 25.7 Å². The van der Waals surface area contributed by atoms with Gasteiger partial charge in [0, 0.05) is 18.6 Å². The molecule has 0 fully saturated rings. The molecule has 0 aliphatic carbocycles. The number of esters is 1. The maximum Gasteiger partial charge on any atom is 0.346 e. The van der Waals surface area contributed by atoms with Gasteiger partial charge in [0.05, 0.1) is 0 Å². The van der Waals surface area contributed by atoms with Crippen LogP contribution in [0, 0.1) is 23.0 Å². The van der Waals surface area contributed by atoms with Crippen molar-refractivity contribution in [3.05, 3.63) is 119 Å². The van der Waals surface area contributed by atoms with Crippen molar-refractivity contribution in [1.29, 1.82) is 5.26 Å². The van der Waals surface area contributed by atoms with Crippen LogP contribution in [0.3, 0.4) is 0 Å². The molecule has 0 spiro atoms. The predicted molar refractivity (Wildman–Crippen MR) is 154 cm³/mol. The van der Waals surface area contributed by atoms with Crippen molar-refractivity contribution in [2.75, 3.05) is 0 Å². The number of ether oxygens (including phenoxy) is 1. The van der Waals surface area contributed by atoms with Gasteiger partial charge < -0.3 is 30.3 Å². The molecular formula is C32H23F2NO10. The van der Waals surface area contributed by atoms with Gasteiger partial charge in [0.25, 0.3) is 0 Å². The van der Waals surface area contributed by atoms with E-state index in [0.29, 0.717) is 11.6 Å². The Kier molecular flexibility index (Phi) is 12.5. The average molecular weight is 620 g/mol. The Morgan fingerprint density at radius 3 is 2.02 bits per heavy atom. The van der Waals surface area contributed by atoms with Crippen molar-refractivity contribution in [3.8, 4) is 34.4 Å². The number of carboxylic acid groups (broad SMARTS) is 3. The van der Waals surface area contributed by atoms with Crippen molar-refractivity contribution >= 4 is 30.0 Å². The van der Waals surface area contributed by atoms with Crippen LogP contribution in [0.5, 0.6) is 17.2 Å². The van der Waals surface area contributed by atoms with E-state index in [1.807, 2.05) is 0 Å². The van der Waals surface area contributed by atoms with Gasteiger partial charge in [-0.25, -0.2) is 23.2 Å². The van der Waals surface area contributed by atoms with Crippen LogP contribution in [-0.4, -0.2) is 49.4 Å². The second kappa shape index (κ2) is 16.2. The third-order valence-corrected chi connectivity index (χ3v) is 5.37. The van der Waals surface area contributed by atoms with E-state index in [1.54, 1.807) is 30.3 Å². The lowest BCUT2D eigenvalue weighted by molar-refractivity contribution is -0.133. The molecule has 11 nitrogen and oxygen atoms in total. The lowest BCUT2D eigenvalue weighted by Crippen LogP contribution is -2.06. The number of phenols is 2. The SMILES string of the molecule is CC(=O)Oc1ccccc1C(=O)O.N#CC(=Cc1cccc(O)c1)C(=O)O.O=C(O)c1cc(-c2ccc(F)cc2F)ccc1O. The molecule has 5 N–H and O–H groups in total. The number of aromatic hydroxyl groups is 2. The standard InChI is InChI=1S/C13H8F2O3.C10H7NO3.C9H8O4/c14-8-2-3-9(11(15)6-8)7-1-4-12(16)10(5-7)13(17)18;11-6-8(10(13)14)4-7-2-1-3-9(12)5-7;1-6(10)13-8-5-3-2-4-7(8)9(11)12/h1-6,16H,(H,17,18);1-5,12H,(H,13,14);2-5H,1H3,(H,11,12). The molecule has 0 radical (unpaired) electrons. The molecule has 0 heterocycles. The van der Waals surface area contributed by atoms with Crippen LogP contribution in [0.4, 0.5) is 8.78 Å². The van der Waals surface area contributed by atoms with Gasteiger partial charge in [0.15, 0.2) is 0 Å². The van der Waals surface area contributed by atoms with E-state index >= 15 is 0 Å². The summed E-state index contributed by atoms with van der Waals surface area (Å²) in [4.78, 5) is 42.5. The van der Waals surface area contributed by atoms with Gasteiger partial charge in [-0.05, 0) is 65.7 Å². The number of aliphatic carboxylic acids is 1. The maximum atomic E-state index is 13.5. The summed E-state index contributed by atoms with van der Waals surface area (Å²) in [5.74, 6) is -6.07. The van der Waals surface area contributed by atoms with E-state index in [1.165, 1.54) is 49.4 Å². The van der Waals surface area contributed by atoms with Crippen molar-refractivity contribution in [2.24, 2.45) is 0 Å². The summed E-state index contributed by atoms with van der Waals surface area (Å²) in [7, 11) is 0. The fraction of sp³-hybridized carbons (Fsp3) is 0.0312. The van der Waals surface area contributed by atoms with Gasteiger partial charge in [-0.2, -0.15) is 5.26 Å². The molecule has 0 aliphatic rings.